The largest absolute Gasteiger partial charge is 0.468 e. The average molecular weight is 682 g/mol. The Hall–Kier alpha value is -2.12. The molecule has 0 radical (unpaired) electrons. The molecule has 2 aliphatic carbocycles. The highest BCUT2D eigenvalue weighted by Crippen LogP contribution is 2.28. The van der Waals surface area contributed by atoms with Gasteiger partial charge < -0.3 is 35.3 Å². The molecule has 0 spiro atoms. The van der Waals surface area contributed by atoms with Crippen LogP contribution in [0.5, 0.6) is 0 Å². The number of amides is 2. The SMILES string of the molecule is CC(C)(C)OC(=O)NCC1(N)CCCCC1.COC(=O)CBr.COC(=O)CNC1(CNC(=O)OC(C)(C)C)CCCCC1. The molecule has 0 aliphatic heterocycles. The van der Waals surface area contributed by atoms with Crippen molar-refractivity contribution in [2.45, 2.75) is 128 Å². The molecule has 0 bridgehead atoms. The molecule has 0 saturated heterocycles. The van der Waals surface area contributed by atoms with Crippen LogP contribution < -0.4 is 21.7 Å². The second kappa shape index (κ2) is 20.0. The lowest BCUT2D eigenvalue weighted by Gasteiger charge is -2.38. The highest BCUT2D eigenvalue weighted by molar-refractivity contribution is 9.09. The molecule has 2 aliphatic rings. The third-order valence-electron chi connectivity index (χ3n) is 6.79. The molecule has 2 saturated carbocycles. The number of hydrogen-bond donors (Lipinski definition) is 4. The summed E-state index contributed by atoms with van der Waals surface area (Å²) in [6, 6.07) is 0. The molecule has 43 heavy (non-hydrogen) atoms. The molecular weight excluding hydrogens is 624 g/mol. The predicted octanol–water partition coefficient (Wildman–Crippen LogP) is 4.70. The molecule has 2 amide bonds. The van der Waals surface area contributed by atoms with Crippen LogP contribution in [0.4, 0.5) is 9.59 Å². The van der Waals surface area contributed by atoms with E-state index >= 15 is 0 Å². The summed E-state index contributed by atoms with van der Waals surface area (Å²) in [4.78, 5) is 44.5. The van der Waals surface area contributed by atoms with Gasteiger partial charge >= 0.3 is 24.1 Å². The summed E-state index contributed by atoms with van der Waals surface area (Å²) < 4.78 is 19.3. The lowest BCUT2D eigenvalue weighted by atomic mass is 9.81. The lowest BCUT2D eigenvalue weighted by Crippen LogP contribution is -2.56. The molecule has 13 heteroatoms. The maximum absolute atomic E-state index is 11.8. The van der Waals surface area contributed by atoms with Gasteiger partial charge in [0, 0.05) is 24.2 Å². The minimum absolute atomic E-state index is 0.159. The van der Waals surface area contributed by atoms with E-state index in [9.17, 15) is 19.2 Å². The lowest BCUT2D eigenvalue weighted by molar-refractivity contribution is -0.140. The number of nitrogens with one attached hydrogen (secondary N) is 3. The van der Waals surface area contributed by atoms with Crippen LogP contribution in [0.3, 0.4) is 0 Å². The first-order valence-electron chi connectivity index (χ1n) is 15.1. The van der Waals surface area contributed by atoms with Gasteiger partial charge in [-0.3, -0.25) is 14.9 Å². The topological polar surface area (TPSA) is 167 Å². The maximum atomic E-state index is 11.8. The summed E-state index contributed by atoms with van der Waals surface area (Å²) in [7, 11) is 2.72. The van der Waals surface area contributed by atoms with Gasteiger partial charge in [0.15, 0.2) is 0 Å². The third-order valence-corrected chi connectivity index (χ3v) is 7.24. The summed E-state index contributed by atoms with van der Waals surface area (Å²) in [5.41, 5.74) is 4.77. The van der Waals surface area contributed by atoms with Gasteiger partial charge in [-0.25, -0.2) is 9.59 Å². The maximum Gasteiger partial charge on any atom is 0.407 e. The van der Waals surface area contributed by atoms with E-state index in [2.05, 4.69) is 41.4 Å². The summed E-state index contributed by atoms with van der Waals surface area (Å²) in [6.07, 6.45) is 9.98. The standard InChI is InChI=1S/C15H28N2O4.C12H24N2O2.C3H5BrO2/c1-14(2,3)21-13(19)16-11-15(8-6-5-7-9-15)17-10-12(18)20-4;1-11(2,3)16-10(15)14-9-12(13)7-5-4-6-8-12;1-6-3(5)2-4/h17H,5-11H2,1-4H3,(H,16,19);4-9,13H2,1-3H3,(H,14,15);2H2,1H3. The number of carbonyl (C=O) groups is 4. The molecule has 5 N–H and O–H groups in total. The van der Waals surface area contributed by atoms with Gasteiger partial charge in [-0.1, -0.05) is 54.5 Å². The fourth-order valence-corrected chi connectivity index (χ4v) is 4.81. The Kier molecular flexibility index (Phi) is 19.0. The molecule has 2 fully saturated rings. The zero-order valence-electron chi connectivity index (χ0n) is 27.6. The zero-order chi connectivity index (χ0) is 33.2. The third kappa shape index (κ3) is 21.3. The van der Waals surface area contributed by atoms with Crippen LogP contribution in [-0.2, 0) is 28.5 Å². The molecule has 12 nitrogen and oxygen atoms in total. The van der Waals surface area contributed by atoms with Crippen LogP contribution in [0.2, 0.25) is 0 Å². The molecule has 0 atom stereocenters. The first-order valence-corrected chi connectivity index (χ1v) is 16.2. The van der Waals surface area contributed by atoms with Crippen LogP contribution >= 0.6 is 15.9 Å². The Balaban J connectivity index is 0.000000707. The molecule has 2 rings (SSSR count). The number of rotatable bonds is 8. The van der Waals surface area contributed by atoms with E-state index in [-0.39, 0.29) is 41.0 Å². The van der Waals surface area contributed by atoms with E-state index < -0.39 is 17.3 Å². The number of esters is 2. The summed E-state index contributed by atoms with van der Waals surface area (Å²) in [5, 5.41) is 9.12. The van der Waals surface area contributed by atoms with Crippen LogP contribution in [0, 0.1) is 0 Å². The predicted molar refractivity (Wildman–Crippen MR) is 170 cm³/mol. The Bertz CT molecular complexity index is 840. The number of alkyl carbamates (subject to hydrolysis) is 2. The number of hydrogen-bond acceptors (Lipinski definition) is 10. The van der Waals surface area contributed by atoms with Crippen molar-refractivity contribution in [3.8, 4) is 0 Å². The quantitative estimate of drug-likeness (QED) is 0.160. The normalized spacial score (nSPS) is 17.3. The molecular formula is C30H57BrN4O8. The van der Waals surface area contributed by atoms with Gasteiger partial charge in [0.05, 0.1) is 20.8 Å². The Morgan fingerprint density at radius 2 is 1.12 bits per heavy atom. The van der Waals surface area contributed by atoms with Gasteiger partial charge in [-0.2, -0.15) is 0 Å². The van der Waals surface area contributed by atoms with Gasteiger partial charge in [0.2, 0.25) is 0 Å². The fraction of sp³-hybridized carbons (Fsp3) is 0.867. The van der Waals surface area contributed by atoms with Gasteiger partial charge in [-0.15, -0.1) is 0 Å². The first-order chi connectivity index (χ1) is 19.9. The van der Waals surface area contributed by atoms with E-state index in [1.807, 2.05) is 41.5 Å². The molecule has 252 valence electrons. The van der Waals surface area contributed by atoms with Crippen LogP contribution in [0.25, 0.3) is 0 Å². The highest BCUT2D eigenvalue weighted by atomic mass is 79.9. The van der Waals surface area contributed by atoms with Crippen molar-refractivity contribution in [1.29, 1.82) is 0 Å². The number of ether oxygens (including phenoxy) is 4. The van der Waals surface area contributed by atoms with E-state index in [4.69, 9.17) is 15.2 Å². The van der Waals surface area contributed by atoms with Crippen molar-refractivity contribution in [2.24, 2.45) is 5.73 Å². The first kappa shape index (κ1) is 40.9. The molecule has 0 aromatic heterocycles. The van der Waals surface area contributed by atoms with Crippen LogP contribution in [0.15, 0.2) is 0 Å². The summed E-state index contributed by atoms with van der Waals surface area (Å²) in [6.45, 7) is 12.2. The summed E-state index contributed by atoms with van der Waals surface area (Å²) >= 11 is 2.90. The summed E-state index contributed by atoms with van der Waals surface area (Å²) in [5.74, 6) is -0.535. The average Bonchev–Trinajstić information content (AvgIpc) is 2.93. The zero-order valence-corrected chi connectivity index (χ0v) is 29.2. The highest BCUT2D eigenvalue weighted by Gasteiger charge is 2.33. The Labute approximate surface area is 266 Å². The second-order valence-electron chi connectivity index (χ2n) is 13.1. The van der Waals surface area contributed by atoms with E-state index in [1.165, 1.54) is 27.1 Å². The fourth-order valence-electron chi connectivity index (χ4n) is 4.58. The van der Waals surface area contributed by atoms with Crippen molar-refractivity contribution in [2.75, 3.05) is 39.2 Å². The number of nitrogens with two attached hydrogens (primary N) is 1. The van der Waals surface area contributed by atoms with Crippen LogP contribution in [-0.4, -0.2) is 85.6 Å². The van der Waals surface area contributed by atoms with Crippen molar-refractivity contribution < 1.29 is 38.1 Å². The van der Waals surface area contributed by atoms with Gasteiger partial charge in [0.1, 0.15) is 16.5 Å². The Morgan fingerprint density at radius 3 is 1.49 bits per heavy atom. The van der Waals surface area contributed by atoms with E-state index in [0.717, 1.165) is 51.4 Å². The number of alkyl halides is 1. The second-order valence-corrected chi connectivity index (χ2v) is 13.7. The smallest absolute Gasteiger partial charge is 0.407 e. The van der Waals surface area contributed by atoms with Crippen molar-refractivity contribution in [3.05, 3.63) is 0 Å². The van der Waals surface area contributed by atoms with Gasteiger partial charge in [0.25, 0.3) is 0 Å². The van der Waals surface area contributed by atoms with Crippen LogP contribution in [0.1, 0.15) is 106 Å². The monoisotopic (exact) mass is 680 g/mol. The van der Waals surface area contributed by atoms with Crippen molar-refractivity contribution in [3.63, 3.8) is 0 Å². The minimum Gasteiger partial charge on any atom is -0.468 e. The van der Waals surface area contributed by atoms with Gasteiger partial charge in [-0.05, 0) is 67.2 Å². The molecule has 0 unspecified atom stereocenters. The Morgan fingerprint density at radius 1 is 0.698 bits per heavy atom. The number of halogens is 1. The molecule has 0 heterocycles. The van der Waals surface area contributed by atoms with Crippen molar-refractivity contribution in [1.82, 2.24) is 16.0 Å². The molecule has 0 aromatic rings. The van der Waals surface area contributed by atoms with Crippen molar-refractivity contribution >= 4 is 40.1 Å². The number of carbonyl (C=O) groups excluding carboxylic acids is 4. The minimum atomic E-state index is -0.511. The van der Waals surface area contributed by atoms with E-state index in [0.29, 0.717) is 13.1 Å². The van der Waals surface area contributed by atoms with E-state index in [1.54, 1.807) is 0 Å². The molecule has 0 aromatic carbocycles. The number of methoxy groups -OCH3 is 2.